The SMILES string of the molecule is CC(C)Cc1cc(CO)cc(OC(F)(F)F)c1. The maximum Gasteiger partial charge on any atom is 0.573 e. The van der Waals surface area contributed by atoms with Crippen molar-refractivity contribution in [1.29, 1.82) is 0 Å². The number of rotatable bonds is 4. The van der Waals surface area contributed by atoms with E-state index in [1.807, 2.05) is 13.8 Å². The van der Waals surface area contributed by atoms with Crippen LogP contribution < -0.4 is 4.74 Å². The van der Waals surface area contributed by atoms with Gasteiger partial charge < -0.3 is 9.84 Å². The number of halogens is 3. The van der Waals surface area contributed by atoms with Gasteiger partial charge in [0.2, 0.25) is 0 Å². The fourth-order valence-electron chi connectivity index (χ4n) is 1.60. The Balaban J connectivity index is 2.97. The first-order valence-electron chi connectivity index (χ1n) is 5.29. The third kappa shape index (κ3) is 5.08. The molecule has 1 aromatic carbocycles. The number of aliphatic hydroxyl groups is 1. The number of aliphatic hydroxyl groups excluding tert-OH is 1. The van der Waals surface area contributed by atoms with Gasteiger partial charge in [-0.1, -0.05) is 19.9 Å². The van der Waals surface area contributed by atoms with Crippen LogP contribution in [0.5, 0.6) is 5.75 Å². The first-order chi connectivity index (χ1) is 7.80. The molecule has 0 aliphatic carbocycles. The van der Waals surface area contributed by atoms with Crippen molar-refractivity contribution in [2.45, 2.75) is 33.2 Å². The van der Waals surface area contributed by atoms with Crippen LogP contribution in [-0.4, -0.2) is 11.5 Å². The number of alkyl halides is 3. The zero-order valence-corrected chi connectivity index (χ0v) is 9.71. The van der Waals surface area contributed by atoms with E-state index in [2.05, 4.69) is 4.74 Å². The minimum absolute atomic E-state index is 0.278. The average molecular weight is 248 g/mol. The first-order valence-corrected chi connectivity index (χ1v) is 5.29. The van der Waals surface area contributed by atoms with Crippen molar-refractivity contribution >= 4 is 0 Å². The quantitative estimate of drug-likeness (QED) is 0.886. The monoisotopic (exact) mass is 248 g/mol. The van der Waals surface area contributed by atoms with Gasteiger partial charge in [-0.05, 0) is 35.6 Å². The molecule has 0 saturated carbocycles. The Morgan fingerprint density at radius 2 is 1.76 bits per heavy atom. The van der Waals surface area contributed by atoms with Gasteiger partial charge in [0.25, 0.3) is 0 Å². The van der Waals surface area contributed by atoms with E-state index in [4.69, 9.17) is 5.11 Å². The van der Waals surface area contributed by atoms with Crippen LogP contribution in [0, 0.1) is 5.92 Å². The molecule has 0 atom stereocenters. The maximum atomic E-state index is 12.1. The lowest BCUT2D eigenvalue weighted by Crippen LogP contribution is -2.17. The highest BCUT2D eigenvalue weighted by Gasteiger charge is 2.31. The molecule has 0 aromatic heterocycles. The first kappa shape index (κ1) is 13.8. The topological polar surface area (TPSA) is 29.5 Å². The summed E-state index contributed by atoms with van der Waals surface area (Å²) in [6, 6.07) is 4.23. The van der Waals surface area contributed by atoms with Gasteiger partial charge in [0.05, 0.1) is 6.61 Å². The Kier molecular flexibility index (Phi) is 4.40. The Hall–Kier alpha value is -1.23. The van der Waals surface area contributed by atoms with E-state index < -0.39 is 6.36 Å². The molecule has 0 radical (unpaired) electrons. The van der Waals surface area contributed by atoms with Crippen LogP contribution in [0.2, 0.25) is 0 Å². The second kappa shape index (κ2) is 5.40. The van der Waals surface area contributed by atoms with E-state index in [-0.39, 0.29) is 12.4 Å². The highest BCUT2D eigenvalue weighted by molar-refractivity contribution is 5.34. The molecule has 0 amide bonds. The Labute approximate surface area is 98.0 Å². The fourth-order valence-corrected chi connectivity index (χ4v) is 1.60. The van der Waals surface area contributed by atoms with E-state index in [9.17, 15) is 13.2 Å². The van der Waals surface area contributed by atoms with Gasteiger partial charge in [-0.3, -0.25) is 0 Å². The molecule has 0 saturated heterocycles. The molecule has 96 valence electrons. The minimum Gasteiger partial charge on any atom is -0.406 e. The highest BCUT2D eigenvalue weighted by Crippen LogP contribution is 2.26. The number of ether oxygens (including phenoxy) is 1. The summed E-state index contributed by atoms with van der Waals surface area (Å²) in [5.41, 5.74) is 1.15. The van der Waals surface area contributed by atoms with Gasteiger partial charge in [-0.25, -0.2) is 0 Å². The molecule has 2 nitrogen and oxygen atoms in total. The fraction of sp³-hybridized carbons (Fsp3) is 0.500. The Morgan fingerprint density at radius 1 is 1.18 bits per heavy atom. The molecule has 17 heavy (non-hydrogen) atoms. The van der Waals surface area contributed by atoms with Crippen LogP contribution in [0.15, 0.2) is 18.2 Å². The molecule has 0 bridgehead atoms. The second-order valence-electron chi connectivity index (χ2n) is 4.29. The smallest absolute Gasteiger partial charge is 0.406 e. The third-order valence-corrected chi connectivity index (χ3v) is 2.09. The molecule has 1 aromatic rings. The van der Waals surface area contributed by atoms with Gasteiger partial charge in [-0.2, -0.15) is 0 Å². The van der Waals surface area contributed by atoms with Crippen molar-refractivity contribution in [2.24, 2.45) is 5.92 Å². The lowest BCUT2D eigenvalue weighted by molar-refractivity contribution is -0.274. The number of benzene rings is 1. The van der Waals surface area contributed by atoms with E-state index in [0.717, 1.165) is 5.56 Å². The van der Waals surface area contributed by atoms with E-state index in [0.29, 0.717) is 17.9 Å². The van der Waals surface area contributed by atoms with Gasteiger partial charge >= 0.3 is 6.36 Å². The van der Waals surface area contributed by atoms with E-state index in [1.54, 1.807) is 6.07 Å². The lowest BCUT2D eigenvalue weighted by Gasteiger charge is -2.13. The molecule has 0 fully saturated rings. The van der Waals surface area contributed by atoms with Gasteiger partial charge in [0.1, 0.15) is 5.75 Å². The summed E-state index contributed by atoms with van der Waals surface area (Å²) in [5, 5.41) is 8.98. The highest BCUT2D eigenvalue weighted by atomic mass is 19.4. The van der Waals surface area contributed by atoms with Crippen molar-refractivity contribution in [3.8, 4) is 5.75 Å². The molecular weight excluding hydrogens is 233 g/mol. The summed E-state index contributed by atoms with van der Waals surface area (Å²) in [6.07, 6.45) is -4.06. The summed E-state index contributed by atoms with van der Waals surface area (Å²) in [5.74, 6) is 0.0439. The summed E-state index contributed by atoms with van der Waals surface area (Å²) in [7, 11) is 0. The summed E-state index contributed by atoms with van der Waals surface area (Å²) in [4.78, 5) is 0. The van der Waals surface area contributed by atoms with Crippen molar-refractivity contribution in [3.63, 3.8) is 0 Å². The van der Waals surface area contributed by atoms with Crippen molar-refractivity contribution in [2.75, 3.05) is 0 Å². The number of hydrogen-bond acceptors (Lipinski definition) is 2. The molecule has 0 heterocycles. The Bertz CT molecular complexity index is 373. The van der Waals surface area contributed by atoms with Gasteiger partial charge in [0.15, 0.2) is 0 Å². The summed E-state index contributed by atoms with van der Waals surface area (Å²) >= 11 is 0. The largest absolute Gasteiger partial charge is 0.573 e. The normalized spacial score (nSPS) is 11.9. The molecule has 5 heteroatoms. The third-order valence-electron chi connectivity index (χ3n) is 2.09. The van der Waals surface area contributed by atoms with Crippen LogP contribution in [0.1, 0.15) is 25.0 Å². The molecule has 1 rings (SSSR count). The van der Waals surface area contributed by atoms with Crippen molar-refractivity contribution in [1.82, 2.24) is 0 Å². The molecular formula is C12H15F3O2. The van der Waals surface area contributed by atoms with Crippen LogP contribution in [0.4, 0.5) is 13.2 Å². The van der Waals surface area contributed by atoms with Gasteiger partial charge in [-0.15, -0.1) is 13.2 Å². The molecule has 0 aliphatic heterocycles. The van der Waals surface area contributed by atoms with Gasteiger partial charge in [0, 0.05) is 0 Å². The van der Waals surface area contributed by atoms with Crippen LogP contribution >= 0.6 is 0 Å². The summed E-state index contributed by atoms with van der Waals surface area (Å²) < 4.78 is 40.1. The minimum atomic E-state index is -4.71. The molecule has 0 unspecified atom stereocenters. The standard InChI is InChI=1S/C12H15F3O2/c1-8(2)3-9-4-10(7-16)6-11(5-9)17-12(13,14)15/h4-6,8,16H,3,7H2,1-2H3. The zero-order chi connectivity index (χ0) is 13.1. The predicted molar refractivity (Wildman–Crippen MR) is 57.6 cm³/mol. The van der Waals surface area contributed by atoms with Crippen LogP contribution in [0.25, 0.3) is 0 Å². The average Bonchev–Trinajstić information content (AvgIpc) is 2.13. The van der Waals surface area contributed by atoms with E-state index >= 15 is 0 Å². The summed E-state index contributed by atoms with van der Waals surface area (Å²) in [6.45, 7) is 3.63. The maximum absolute atomic E-state index is 12.1. The van der Waals surface area contributed by atoms with E-state index in [1.165, 1.54) is 12.1 Å². The number of hydrogen-bond donors (Lipinski definition) is 1. The van der Waals surface area contributed by atoms with Crippen LogP contribution in [-0.2, 0) is 13.0 Å². The predicted octanol–water partition coefficient (Wildman–Crippen LogP) is 3.28. The van der Waals surface area contributed by atoms with Crippen LogP contribution in [0.3, 0.4) is 0 Å². The molecule has 0 spiro atoms. The lowest BCUT2D eigenvalue weighted by atomic mass is 10.0. The molecule has 0 aliphatic rings. The second-order valence-corrected chi connectivity index (χ2v) is 4.29. The zero-order valence-electron chi connectivity index (χ0n) is 9.71. The van der Waals surface area contributed by atoms with Crippen molar-refractivity contribution < 1.29 is 23.0 Å². The molecule has 1 N–H and O–H groups in total. The Morgan fingerprint density at radius 3 is 2.24 bits per heavy atom. The van der Waals surface area contributed by atoms with Crippen molar-refractivity contribution in [3.05, 3.63) is 29.3 Å².